The Morgan fingerprint density at radius 2 is 2.00 bits per heavy atom. The zero-order valence-electron chi connectivity index (χ0n) is 8.47. The molecule has 0 aliphatic carbocycles. The number of alkyl halides is 3. The molecule has 0 bridgehead atoms. The molecule has 0 aliphatic rings. The molecule has 0 spiro atoms. The second kappa shape index (κ2) is 4.11. The maximum Gasteiger partial charge on any atom is 0.301 e. The van der Waals surface area contributed by atoms with Gasteiger partial charge in [-0.2, -0.15) is 8.78 Å². The fourth-order valence-corrected chi connectivity index (χ4v) is 2.30. The van der Waals surface area contributed by atoms with Crippen LogP contribution in [0.5, 0.6) is 5.75 Å². The third-order valence-corrected chi connectivity index (χ3v) is 4.57. The number of pyridine rings is 1. The van der Waals surface area contributed by atoms with Crippen molar-refractivity contribution in [2.24, 2.45) is 0 Å². The van der Waals surface area contributed by atoms with Gasteiger partial charge in [0.2, 0.25) is 0 Å². The van der Waals surface area contributed by atoms with Crippen LogP contribution in [0.1, 0.15) is 19.5 Å². The predicted molar refractivity (Wildman–Crippen MR) is 65.0 cm³/mol. The molecule has 0 unspecified atom stereocenters. The number of aromatic hydroxyl groups is 1. The fraction of sp³-hybridized carbons (Fsp3) is 0.400. The largest absolute Gasteiger partial charge is 0.506 e. The molecule has 0 atom stereocenters. The lowest BCUT2D eigenvalue weighted by atomic mass is 9.89. The molecule has 0 saturated heterocycles. The van der Waals surface area contributed by atoms with Crippen molar-refractivity contribution >= 4 is 25.2 Å². The van der Waals surface area contributed by atoms with Gasteiger partial charge in [0.25, 0.3) is 0 Å². The molecule has 5 heteroatoms. The molecule has 1 rings (SSSR count). The van der Waals surface area contributed by atoms with Crippen LogP contribution < -0.4 is 0 Å². The number of aromatic nitrogens is 1. The smallest absolute Gasteiger partial charge is 0.301 e. The highest BCUT2D eigenvalue weighted by Gasteiger charge is 2.47. The standard InChI is InChI=1S/C10H12F2INO/c1-9(2,10(11,12)13-3)8-5-4-7(15)6-14-8/h4-6,15H,3H2,1-2H3. The zero-order valence-corrected chi connectivity index (χ0v) is 10.6. The van der Waals surface area contributed by atoms with Gasteiger partial charge in [0, 0.05) is 0 Å². The average molecular weight is 327 g/mol. The molecular weight excluding hydrogens is 315 g/mol. The van der Waals surface area contributed by atoms with E-state index in [0.29, 0.717) is 0 Å². The molecule has 0 fully saturated rings. The van der Waals surface area contributed by atoms with Gasteiger partial charge in [-0.3, -0.25) is 4.98 Å². The van der Waals surface area contributed by atoms with Gasteiger partial charge < -0.3 is 5.11 Å². The van der Waals surface area contributed by atoms with Crippen molar-refractivity contribution in [3.63, 3.8) is 0 Å². The van der Waals surface area contributed by atoms with Crippen LogP contribution in [-0.2, 0) is 5.41 Å². The van der Waals surface area contributed by atoms with Crippen LogP contribution in [0.3, 0.4) is 0 Å². The molecule has 0 saturated carbocycles. The van der Waals surface area contributed by atoms with E-state index in [0.717, 1.165) is 0 Å². The minimum absolute atomic E-state index is 0.0258. The van der Waals surface area contributed by atoms with Gasteiger partial charge in [-0.25, -0.2) is 0 Å². The molecule has 1 heterocycles. The van der Waals surface area contributed by atoms with Crippen LogP contribution in [0.4, 0.5) is 8.78 Å². The first kappa shape index (κ1) is 12.5. The van der Waals surface area contributed by atoms with E-state index >= 15 is 0 Å². The maximum atomic E-state index is 13.6. The summed E-state index contributed by atoms with van der Waals surface area (Å²) in [6.45, 7) is 2.88. The van der Waals surface area contributed by atoms with E-state index in [9.17, 15) is 8.78 Å². The summed E-state index contributed by atoms with van der Waals surface area (Å²) in [5.74, 6) is -0.0258. The van der Waals surface area contributed by atoms with Crippen molar-refractivity contribution in [3.8, 4) is 5.75 Å². The Labute approximate surface area is 97.1 Å². The second-order valence-electron chi connectivity index (χ2n) is 3.66. The van der Waals surface area contributed by atoms with Crippen LogP contribution in [0.15, 0.2) is 18.3 Å². The summed E-state index contributed by atoms with van der Waals surface area (Å²) >= 11 is -1.45. The van der Waals surface area contributed by atoms with E-state index in [2.05, 4.69) is 9.50 Å². The number of hydrogen-bond acceptors (Lipinski definition) is 2. The molecule has 84 valence electrons. The fourth-order valence-electron chi connectivity index (χ4n) is 1.07. The summed E-state index contributed by atoms with van der Waals surface area (Å²) < 4.78 is 27.7. The highest BCUT2D eigenvalue weighted by Crippen LogP contribution is 2.45. The van der Waals surface area contributed by atoms with E-state index in [1.54, 1.807) is 0 Å². The highest BCUT2D eigenvalue weighted by atomic mass is 127. The molecule has 1 aromatic heterocycles. The van der Waals surface area contributed by atoms with Gasteiger partial charge in [0.05, 0.1) is 17.3 Å². The Morgan fingerprint density at radius 1 is 1.40 bits per heavy atom. The van der Waals surface area contributed by atoms with Crippen LogP contribution in [0, 0.1) is 0 Å². The molecule has 0 aliphatic heterocycles. The van der Waals surface area contributed by atoms with E-state index < -0.39 is 30.1 Å². The van der Waals surface area contributed by atoms with Crippen LogP contribution in [0.25, 0.3) is 0 Å². The quantitative estimate of drug-likeness (QED) is 0.684. The first-order valence-corrected chi connectivity index (χ1v) is 6.84. The molecular formula is C10H12F2INO. The average Bonchev–Trinajstić information content (AvgIpc) is 2.18. The van der Waals surface area contributed by atoms with Crippen molar-refractivity contribution < 1.29 is 13.9 Å². The summed E-state index contributed by atoms with van der Waals surface area (Å²) in [4.78, 5) is 3.82. The van der Waals surface area contributed by atoms with Crippen LogP contribution >= 0.6 is 20.7 Å². The zero-order chi connectivity index (χ0) is 11.7. The Bertz CT molecular complexity index is 362. The van der Waals surface area contributed by atoms with Gasteiger partial charge >= 0.3 is 3.93 Å². The molecule has 0 amide bonds. The Morgan fingerprint density at radius 3 is 2.40 bits per heavy atom. The van der Waals surface area contributed by atoms with Crippen molar-refractivity contribution in [2.75, 3.05) is 0 Å². The molecule has 2 nitrogen and oxygen atoms in total. The van der Waals surface area contributed by atoms with E-state index in [1.807, 2.05) is 0 Å². The van der Waals surface area contributed by atoms with E-state index in [4.69, 9.17) is 5.11 Å². The molecule has 1 N–H and O–H groups in total. The normalized spacial score (nSPS) is 12.8. The Hall–Kier alpha value is -0.590. The lowest BCUT2D eigenvalue weighted by Crippen LogP contribution is -2.36. The Kier molecular flexibility index (Phi) is 3.42. The molecule has 1 aromatic rings. The van der Waals surface area contributed by atoms with Gasteiger partial charge in [-0.15, -0.1) is 0 Å². The first-order valence-electron chi connectivity index (χ1n) is 4.24. The van der Waals surface area contributed by atoms with Gasteiger partial charge in [0.1, 0.15) is 5.75 Å². The number of halogens is 3. The van der Waals surface area contributed by atoms with Crippen molar-refractivity contribution in [1.82, 2.24) is 4.98 Å². The summed E-state index contributed by atoms with van der Waals surface area (Å²) in [6, 6.07) is 2.78. The maximum absolute atomic E-state index is 13.6. The molecule has 15 heavy (non-hydrogen) atoms. The molecule has 0 aromatic carbocycles. The minimum Gasteiger partial charge on any atom is -0.506 e. The van der Waals surface area contributed by atoms with Crippen LogP contribution in [-0.4, -0.2) is 18.5 Å². The number of rotatable bonds is 3. The van der Waals surface area contributed by atoms with E-state index in [1.165, 1.54) is 32.2 Å². The van der Waals surface area contributed by atoms with Gasteiger partial charge in [0.15, 0.2) is 0 Å². The lowest BCUT2D eigenvalue weighted by molar-refractivity contribution is 0.0472. The summed E-state index contributed by atoms with van der Waals surface area (Å²) in [5.41, 5.74) is -1.07. The second-order valence-corrected chi connectivity index (χ2v) is 5.78. The van der Waals surface area contributed by atoms with Crippen molar-refractivity contribution in [2.45, 2.75) is 23.2 Å². The summed E-state index contributed by atoms with van der Waals surface area (Å²) in [5, 5.41) is 9.03. The van der Waals surface area contributed by atoms with Gasteiger partial charge in [-0.05, 0) is 26.0 Å². The first-order chi connectivity index (χ1) is 6.81. The van der Waals surface area contributed by atoms with Crippen LogP contribution in [0.2, 0.25) is 0 Å². The lowest BCUT2D eigenvalue weighted by Gasteiger charge is -2.30. The summed E-state index contributed by atoms with van der Waals surface area (Å²) in [6.07, 6.45) is 1.18. The van der Waals surface area contributed by atoms with Crippen molar-refractivity contribution in [1.29, 1.82) is 0 Å². The van der Waals surface area contributed by atoms with Crippen molar-refractivity contribution in [3.05, 3.63) is 24.0 Å². The minimum atomic E-state index is -2.81. The third kappa shape index (κ3) is 2.32. The predicted octanol–water partition coefficient (Wildman–Crippen LogP) is 3.06. The SMILES string of the molecule is C=IC(F)(F)C(C)(C)c1ccc(O)cn1. The topological polar surface area (TPSA) is 33.1 Å². The third-order valence-electron chi connectivity index (χ3n) is 2.26. The van der Waals surface area contributed by atoms with Gasteiger partial charge in [-0.1, -0.05) is 25.2 Å². The number of hydrogen-bond donors (Lipinski definition) is 1. The summed E-state index contributed by atoms with van der Waals surface area (Å²) in [7, 11) is 0. The monoisotopic (exact) mass is 327 g/mol. The van der Waals surface area contributed by atoms with E-state index in [-0.39, 0.29) is 11.4 Å². The molecule has 0 radical (unpaired) electrons. The Balaban J connectivity index is 3.16. The number of nitrogens with zero attached hydrogens (tertiary/aromatic N) is 1. The highest BCUT2D eigenvalue weighted by molar-refractivity contribution is 14.2.